The molecule has 1 nitrogen and oxygen atoms in total. The first-order valence-electron chi connectivity index (χ1n) is 6.07. The van der Waals surface area contributed by atoms with E-state index in [1.54, 1.807) is 7.05 Å². The summed E-state index contributed by atoms with van der Waals surface area (Å²) in [4.78, 5) is 0. The Labute approximate surface area is 114 Å². The SMILES string of the molecule is CNC(Cc1cccc(F)c1F)c1cc(F)cc(F)c1. The maximum Gasteiger partial charge on any atom is 0.162 e. The maximum absolute atomic E-state index is 13.6. The lowest BCUT2D eigenvalue weighted by Crippen LogP contribution is -2.20. The normalized spacial score (nSPS) is 12.4. The average molecular weight is 283 g/mol. The molecular weight excluding hydrogens is 270 g/mol. The molecule has 2 aromatic rings. The van der Waals surface area contributed by atoms with Gasteiger partial charge in [0.05, 0.1) is 0 Å². The fraction of sp³-hybridized carbons (Fsp3) is 0.200. The molecule has 0 aliphatic rings. The van der Waals surface area contributed by atoms with Gasteiger partial charge in [-0.1, -0.05) is 12.1 Å². The van der Waals surface area contributed by atoms with Crippen LogP contribution in [0.25, 0.3) is 0 Å². The molecule has 2 rings (SSSR count). The fourth-order valence-corrected chi connectivity index (χ4v) is 2.09. The summed E-state index contributed by atoms with van der Waals surface area (Å²) in [6.07, 6.45) is 0.0863. The monoisotopic (exact) mass is 283 g/mol. The van der Waals surface area contributed by atoms with Gasteiger partial charge in [0, 0.05) is 12.1 Å². The number of hydrogen-bond donors (Lipinski definition) is 1. The summed E-state index contributed by atoms with van der Waals surface area (Å²) < 4.78 is 53.2. The lowest BCUT2D eigenvalue weighted by molar-refractivity contribution is 0.485. The third-order valence-electron chi connectivity index (χ3n) is 3.09. The molecule has 20 heavy (non-hydrogen) atoms. The van der Waals surface area contributed by atoms with E-state index < -0.39 is 29.3 Å². The van der Waals surface area contributed by atoms with E-state index in [-0.39, 0.29) is 12.0 Å². The highest BCUT2D eigenvalue weighted by molar-refractivity contribution is 5.26. The molecule has 0 radical (unpaired) electrons. The summed E-state index contributed by atoms with van der Waals surface area (Å²) in [6.45, 7) is 0. The Balaban J connectivity index is 2.31. The zero-order chi connectivity index (χ0) is 14.7. The van der Waals surface area contributed by atoms with Crippen molar-refractivity contribution in [3.05, 3.63) is 70.8 Å². The van der Waals surface area contributed by atoms with Crippen molar-refractivity contribution in [1.29, 1.82) is 0 Å². The molecule has 0 aliphatic heterocycles. The van der Waals surface area contributed by atoms with Gasteiger partial charge < -0.3 is 5.32 Å². The van der Waals surface area contributed by atoms with Gasteiger partial charge in [-0.05, 0) is 42.8 Å². The van der Waals surface area contributed by atoms with E-state index in [4.69, 9.17) is 0 Å². The molecule has 0 amide bonds. The van der Waals surface area contributed by atoms with Crippen LogP contribution in [0.15, 0.2) is 36.4 Å². The van der Waals surface area contributed by atoms with Crippen molar-refractivity contribution in [1.82, 2.24) is 5.32 Å². The lowest BCUT2D eigenvalue weighted by atomic mass is 9.98. The van der Waals surface area contributed by atoms with Gasteiger partial charge >= 0.3 is 0 Å². The predicted molar refractivity (Wildman–Crippen MR) is 68.2 cm³/mol. The number of benzene rings is 2. The molecule has 0 fully saturated rings. The molecule has 0 spiro atoms. The largest absolute Gasteiger partial charge is 0.313 e. The second-order valence-corrected chi connectivity index (χ2v) is 4.46. The zero-order valence-corrected chi connectivity index (χ0v) is 10.8. The summed E-state index contributed by atoms with van der Waals surface area (Å²) in [5.74, 6) is -3.30. The van der Waals surface area contributed by atoms with Crippen molar-refractivity contribution in [2.24, 2.45) is 0 Å². The molecule has 1 N–H and O–H groups in total. The van der Waals surface area contributed by atoms with Crippen LogP contribution in [0.3, 0.4) is 0 Å². The number of halogens is 4. The number of rotatable bonds is 4. The molecule has 5 heteroatoms. The van der Waals surface area contributed by atoms with Crippen molar-refractivity contribution >= 4 is 0 Å². The van der Waals surface area contributed by atoms with Crippen LogP contribution in [0.5, 0.6) is 0 Å². The van der Waals surface area contributed by atoms with E-state index in [9.17, 15) is 17.6 Å². The summed E-state index contributed by atoms with van der Waals surface area (Å²) in [7, 11) is 1.59. The highest BCUT2D eigenvalue weighted by Crippen LogP contribution is 2.22. The Bertz CT molecular complexity index is 593. The third-order valence-corrected chi connectivity index (χ3v) is 3.09. The predicted octanol–water partition coefficient (Wildman–Crippen LogP) is 3.75. The van der Waals surface area contributed by atoms with Crippen LogP contribution < -0.4 is 5.32 Å². The first-order valence-corrected chi connectivity index (χ1v) is 6.07. The van der Waals surface area contributed by atoms with Crippen LogP contribution in [0.1, 0.15) is 17.2 Å². The van der Waals surface area contributed by atoms with Crippen molar-refractivity contribution in [3.63, 3.8) is 0 Å². The van der Waals surface area contributed by atoms with E-state index in [2.05, 4.69) is 5.32 Å². The molecule has 0 saturated carbocycles. The summed E-state index contributed by atoms with van der Waals surface area (Å²) in [6, 6.07) is 6.44. The highest BCUT2D eigenvalue weighted by atomic mass is 19.2. The number of nitrogens with one attached hydrogen (secondary N) is 1. The zero-order valence-electron chi connectivity index (χ0n) is 10.8. The van der Waals surface area contributed by atoms with Crippen LogP contribution >= 0.6 is 0 Å². The van der Waals surface area contributed by atoms with E-state index in [0.29, 0.717) is 5.56 Å². The number of likely N-dealkylation sites (N-methyl/N-ethyl adjacent to an activating group) is 1. The average Bonchev–Trinajstić information content (AvgIpc) is 2.39. The third kappa shape index (κ3) is 3.17. The van der Waals surface area contributed by atoms with Gasteiger partial charge in [-0.15, -0.1) is 0 Å². The van der Waals surface area contributed by atoms with E-state index in [1.807, 2.05) is 0 Å². The summed E-state index contributed by atoms with van der Waals surface area (Å²) in [5.41, 5.74) is 0.489. The molecule has 1 unspecified atom stereocenters. The van der Waals surface area contributed by atoms with Gasteiger partial charge in [-0.2, -0.15) is 0 Å². The van der Waals surface area contributed by atoms with Crippen molar-refractivity contribution in [2.45, 2.75) is 12.5 Å². The number of hydrogen-bond acceptors (Lipinski definition) is 1. The Kier molecular flexibility index (Phi) is 4.39. The van der Waals surface area contributed by atoms with Crippen LogP contribution in [-0.2, 0) is 6.42 Å². The molecule has 1 atom stereocenters. The van der Waals surface area contributed by atoms with Gasteiger partial charge in [0.1, 0.15) is 11.6 Å². The van der Waals surface area contributed by atoms with Crippen molar-refractivity contribution in [2.75, 3.05) is 7.05 Å². The molecule has 0 saturated heterocycles. The Morgan fingerprint density at radius 1 is 1.00 bits per heavy atom. The smallest absolute Gasteiger partial charge is 0.162 e. The fourth-order valence-electron chi connectivity index (χ4n) is 2.09. The molecule has 2 aromatic carbocycles. The summed E-state index contributed by atoms with van der Waals surface area (Å²) in [5, 5.41) is 2.85. The van der Waals surface area contributed by atoms with Crippen LogP contribution in [0, 0.1) is 23.3 Å². The van der Waals surface area contributed by atoms with E-state index >= 15 is 0 Å². The molecule has 0 heterocycles. The van der Waals surface area contributed by atoms with Crippen LogP contribution in [0.4, 0.5) is 17.6 Å². The minimum absolute atomic E-state index is 0.0863. The lowest BCUT2D eigenvalue weighted by Gasteiger charge is -2.17. The molecule has 0 bridgehead atoms. The van der Waals surface area contributed by atoms with Gasteiger partial charge in [0.25, 0.3) is 0 Å². The molecule has 0 aliphatic carbocycles. The maximum atomic E-state index is 13.6. The molecule has 106 valence electrons. The topological polar surface area (TPSA) is 12.0 Å². The van der Waals surface area contributed by atoms with E-state index in [1.165, 1.54) is 24.3 Å². The van der Waals surface area contributed by atoms with Gasteiger partial charge in [0.2, 0.25) is 0 Å². The second-order valence-electron chi connectivity index (χ2n) is 4.46. The van der Waals surface area contributed by atoms with Gasteiger partial charge in [-0.25, -0.2) is 17.6 Å². The van der Waals surface area contributed by atoms with Crippen LogP contribution in [-0.4, -0.2) is 7.05 Å². The minimum atomic E-state index is -0.942. The Hall–Kier alpha value is -1.88. The quantitative estimate of drug-likeness (QED) is 0.843. The second kappa shape index (κ2) is 6.05. The summed E-state index contributed by atoms with van der Waals surface area (Å²) >= 11 is 0. The first kappa shape index (κ1) is 14.5. The van der Waals surface area contributed by atoms with Crippen LogP contribution in [0.2, 0.25) is 0 Å². The molecular formula is C15H13F4N. The van der Waals surface area contributed by atoms with Crippen molar-refractivity contribution < 1.29 is 17.6 Å². The Morgan fingerprint density at radius 3 is 2.25 bits per heavy atom. The van der Waals surface area contributed by atoms with Crippen molar-refractivity contribution in [3.8, 4) is 0 Å². The highest BCUT2D eigenvalue weighted by Gasteiger charge is 2.16. The van der Waals surface area contributed by atoms with E-state index in [0.717, 1.165) is 12.1 Å². The minimum Gasteiger partial charge on any atom is -0.313 e. The standard InChI is InChI=1S/C15H13F4N/c1-20-14(10-5-11(16)8-12(17)6-10)7-9-3-2-4-13(18)15(9)19/h2-6,8,14,20H,7H2,1H3. The first-order chi connectivity index (χ1) is 9.51. The van der Waals surface area contributed by atoms with Gasteiger partial charge in [-0.3, -0.25) is 0 Å². The van der Waals surface area contributed by atoms with Gasteiger partial charge in [0.15, 0.2) is 11.6 Å². The Morgan fingerprint density at radius 2 is 1.65 bits per heavy atom. The molecule has 0 aromatic heterocycles.